The minimum absolute atomic E-state index is 0.197. The molecule has 0 aromatic carbocycles. The second kappa shape index (κ2) is 4.59. The van der Waals surface area contributed by atoms with Crippen LogP contribution >= 0.6 is 11.8 Å². The van der Waals surface area contributed by atoms with Crippen LogP contribution in [0.2, 0.25) is 0 Å². The van der Waals surface area contributed by atoms with E-state index in [9.17, 15) is 4.79 Å². The third-order valence-electron chi connectivity index (χ3n) is 3.75. The summed E-state index contributed by atoms with van der Waals surface area (Å²) in [6.45, 7) is 0. The number of nitrogens with zero attached hydrogens (tertiary/aromatic N) is 1. The van der Waals surface area contributed by atoms with Crippen LogP contribution in [0.5, 0.6) is 0 Å². The van der Waals surface area contributed by atoms with Gasteiger partial charge in [0.2, 0.25) is 5.91 Å². The van der Waals surface area contributed by atoms with Gasteiger partial charge >= 0.3 is 0 Å². The minimum Gasteiger partial charge on any atom is -0.368 e. The molecule has 0 aliphatic heterocycles. The van der Waals surface area contributed by atoms with Crippen molar-refractivity contribution in [2.24, 2.45) is 5.73 Å². The van der Waals surface area contributed by atoms with Gasteiger partial charge < -0.3 is 16.0 Å². The maximum atomic E-state index is 11.8. The molecule has 1 aromatic heterocycles. The zero-order chi connectivity index (χ0) is 12.6. The first-order chi connectivity index (χ1) is 8.68. The molecule has 2 saturated carbocycles. The summed E-state index contributed by atoms with van der Waals surface area (Å²) in [5, 5.41) is 4.79. The van der Waals surface area contributed by atoms with Crippen molar-refractivity contribution in [1.29, 1.82) is 0 Å². The topological polar surface area (TPSA) is 83.8 Å². The van der Waals surface area contributed by atoms with Crippen LogP contribution in [-0.2, 0) is 4.79 Å². The summed E-state index contributed by atoms with van der Waals surface area (Å²) in [7, 11) is 0. The number of H-pyrrole nitrogens is 1. The number of nitrogens with one attached hydrogen (secondary N) is 2. The summed E-state index contributed by atoms with van der Waals surface area (Å²) in [5.41, 5.74) is 5.13. The van der Waals surface area contributed by atoms with Crippen LogP contribution in [0.3, 0.4) is 0 Å². The Labute approximate surface area is 110 Å². The lowest BCUT2D eigenvalue weighted by molar-refractivity contribution is -0.124. The van der Waals surface area contributed by atoms with Gasteiger partial charge in [-0.3, -0.25) is 4.79 Å². The molecule has 0 bridgehead atoms. The highest BCUT2D eigenvalue weighted by atomic mass is 32.2. The van der Waals surface area contributed by atoms with Crippen LogP contribution in [0, 0.1) is 0 Å². The number of hydrogen-bond acceptors (Lipinski definition) is 4. The third-order valence-corrected chi connectivity index (χ3v) is 4.93. The molecule has 2 atom stereocenters. The second-order valence-electron chi connectivity index (χ2n) is 5.24. The Morgan fingerprint density at radius 2 is 2.39 bits per heavy atom. The molecule has 0 saturated heterocycles. The molecule has 98 valence electrons. The van der Waals surface area contributed by atoms with Gasteiger partial charge in [0.1, 0.15) is 0 Å². The molecule has 0 radical (unpaired) electrons. The van der Waals surface area contributed by atoms with Crippen LogP contribution in [-0.4, -0.2) is 32.7 Å². The molecule has 2 aliphatic carbocycles. The monoisotopic (exact) mass is 266 g/mol. The van der Waals surface area contributed by atoms with Crippen molar-refractivity contribution in [3.8, 4) is 0 Å². The number of rotatable bonds is 5. The summed E-state index contributed by atoms with van der Waals surface area (Å²) in [6.07, 6.45) is 8.58. The normalized spacial score (nSPS) is 31.7. The molecule has 1 amide bonds. The molecule has 5 nitrogen and oxygen atoms in total. The number of carbonyl (C=O) groups excluding carboxylic acids is 1. The predicted octanol–water partition coefficient (Wildman–Crippen LogP) is 1.03. The Morgan fingerprint density at radius 3 is 3.00 bits per heavy atom. The predicted molar refractivity (Wildman–Crippen MR) is 70.2 cm³/mol. The van der Waals surface area contributed by atoms with Gasteiger partial charge in [-0.2, -0.15) is 0 Å². The fourth-order valence-corrected chi connectivity index (χ4v) is 3.80. The molecule has 2 aliphatic rings. The Morgan fingerprint density at radius 1 is 1.56 bits per heavy atom. The van der Waals surface area contributed by atoms with E-state index in [4.69, 9.17) is 5.73 Å². The maximum Gasteiger partial charge on any atom is 0.237 e. The molecular formula is C12H18N4OS. The first kappa shape index (κ1) is 12.0. The van der Waals surface area contributed by atoms with Crippen molar-refractivity contribution in [3.05, 3.63) is 12.4 Å². The smallest absolute Gasteiger partial charge is 0.237 e. The summed E-state index contributed by atoms with van der Waals surface area (Å²) in [4.78, 5) is 19.1. The highest BCUT2D eigenvalue weighted by Gasteiger charge is 2.47. The van der Waals surface area contributed by atoms with Crippen molar-refractivity contribution in [2.45, 2.75) is 54.1 Å². The van der Waals surface area contributed by atoms with E-state index in [1.54, 1.807) is 18.0 Å². The van der Waals surface area contributed by atoms with Crippen LogP contribution in [0.1, 0.15) is 32.1 Å². The van der Waals surface area contributed by atoms with Gasteiger partial charge in [0.25, 0.3) is 0 Å². The van der Waals surface area contributed by atoms with E-state index in [0.717, 1.165) is 24.4 Å². The third kappa shape index (κ3) is 2.40. The second-order valence-corrected chi connectivity index (χ2v) is 6.53. The molecule has 6 heteroatoms. The Balaban J connectivity index is 1.65. The lowest BCUT2D eigenvalue weighted by Gasteiger charge is -2.27. The molecule has 2 unspecified atom stereocenters. The lowest BCUT2D eigenvalue weighted by atomic mass is 9.96. The Kier molecular flexibility index (Phi) is 3.07. The van der Waals surface area contributed by atoms with Crippen molar-refractivity contribution in [3.63, 3.8) is 0 Å². The fraction of sp³-hybridized carbons (Fsp3) is 0.667. The van der Waals surface area contributed by atoms with Gasteiger partial charge in [-0.1, -0.05) is 11.8 Å². The largest absolute Gasteiger partial charge is 0.368 e. The van der Waals surface area contributed by atoms with E-state index in [-0.39, 0.29) is 5.91 Å². The zero-order valence-electron chi connectivity index (χ0n) is 10.2. The standard InChI is InChI=1S/C12H18N4OS/c13-10(17)12(16-8-1-2-8)4-3-9(7-12)18-11-14-5-6-15-11/h5-6,8-9,16H,1-4,7H2,(H2,13,17)(H,14,15). The van der Waals surface area contributed by atoms with Crippen molar-refractivity contribution >= 4 is 17.7 Å². The lowest BCUT2D eigenvalue weighted by Crippen LogP contribution is -2.54. The van der Waals surface area contributed by atoms with Crippen LogP contribution < -0.4 is 11.1 Å². The number of aromatic nitrogens is 2. The number of thioether (sulfide) groups is 1. The fourth-order valence-electron chi connectivity index (χ4n) is 2.62. The summed E-state index contributed by atoms with van der Waals surface area (Å²) >= 11 is 1.71. The molecule has 1 heterocycles. The average Bonchev–Trinajstić information content (AvgIpc) is 2.84. The maximum absolute atomic E-state index is 11.8. The van der Waals surface area contributed by atoms with Gasteiger partial charge in [-0.15, -0.1) is 0 Å². The quantitative estimate of drug-likeness (QED) is 0.743. The van der Waals surface area contributed by atoms with Gasteiger partial charge in [0, 0.05) is 23.7 Å². The Bertz CT molecular complexity index is 431. The summed E-state index contributed by atoms with van der Waals surface area (Å²) in [5.74, 6) is -0.197. The SMILES string of the molecule is NC(=O)C1(NC2CC2)CCC(Sc2ncc[nH]2)C1. The van der Waals surface area contributed by atoms with E-state index < -0.39 is 5.54 Å². The molecule has 3 rings (SSSR count). The van der Waals surface area contributed by atoms with Gasteiger partial charge in [-0.05, 0) is 32.1 Å². The van der Waals surface area contributed by atoms with Crippen molar-refractivity contribution in [1.82, 2.24) is 15.3 Å². The van der Waals surface area contributed by atoms with E-state index in [0.29, 0.717) is 11.3 Å². The first-order valence-corrected chi connectivity index (χ1v) is 7.29. The Hall–Kier alpha value is -1.01. The van der Waals surface area contributed by atoms with E-state index in [2.05, 4.69) is 15.3 Å². The number of primary amides is 1. The van der Waals surface area contributed by atoms with Gasteiger partial charge in [-0.25, -0.2) is 4.98 Å². The van der Waals surface area contributed by atoms with Crippen molar-refractivity contribution < 1.29 is 4.79 Å². The highest BCUT2D eigenvalue weighted by molar-refractivity contribution is 7.99. The highest BCUT2D eigenvalue weighted by Crippen LogP contribution is 2.40. The number of amides is 1. The van der Waals surface area contributed by atoms with Crippen molar-refractivity contribution in [2.75, 3.05) is 0 Å². The first-order valence-electron chi connectivity index (χ1n) is 6.42. The van der Waals surface area contributed by atoms with E-state index in [1.807, 2.05) is 6.20 Å². The van der Waals surface area contributed by atoms with Crippen LogP contribution in [0.25, 0.3) is 0 Å². The molecule has 1 aromatic rings. The van der Waals surface area contributed by atoms with E-state index in [1.165, 1.54) is 12.8 Å². The van der Waals surface area contributed by atoms with Gasteiger partial charge in [0.05, 0.1) is 5.54 Å². The summed E-state index contributed by atoms with van der Waals surface area (Å²) in [6, 6.07) is 0.505. The van der Waals surface area contributed by atoms with Crippen LogP contribution in [0.15, 0.2) is 17.6 Å². The number of carbonyl (C=O) groups is 1. The average molecular weight is 266 g/mol. The summed E-state index contributed by atoms with van der Waals surface area (Å²) < 4.78 is 0. The number of nitrogens with two attached hydrogens (primary N) is 1. The number of imidazole rings is 1. The number of hydrogen-bond donors (Lipinski definition) is 3. The molecule has 4 N–H and O–H groups in total. The molecule has 2 fully saturated rings. The van der Waals surface area contributed by atoms with E-state index >= 15 is 0 Å². The van der Waals surface area contributed by atoms with Crippen LogP contribution in [0.4, 0.5) is 0 Å². The molecule has 0 spiro atoms. The number of aromatic amines is 1. The zero-order valence-corrected chi connectivity index (χ0v) is 11.0. The molecular weight excluding hydrogens is 248 g/mol. The molecule has 18 heavy (non-hydrogen) atoms. The minimum atomic E-state index is -0.481. The van der Waals surface area contributed by atoms with Gasteiger partial charge in [0.15, 0.2) is 5.16 Å².